The second kappa shape index (κ2) is 4.96. The number of nitrogens with zero attached hydrogens (tertiary/aromatic N) is 3. The van der Waals surface area contributed by atoms with E-state index in [2.05, 4.69) is 25.9 Å². The highest BCUT2D eigenvalue weighted by atomic mass is 79.9. The van der Waals surface area contributed by atoms with Gasteiger partial charge >= 0.3 is 0 Å². The van der Waals surface area contributed by atoms with Crippen LogP contribution >= 0.6 is 27.5 Å². The first-order valence-corrected chi connectivity index (χ1v) is 6.86. The summed E-state index contributed by atoms with van der Waals surface area (Å²) in [4.78, 5) is 33.4. The molecule has 0 atom stereocenters. The largest absolute Gasteiger partial charge is 0.299 e. The van der Waals surface area contributed by atoms with E-state index < -0.39 is 11.7 Å². The van der Waals surface area contributed by atoms with E-state index in [4.69, 9.17) is 11.6 Å². The average Bonchev–Trinajstić information content (AvgIpc) is 2.68. The second-order valence-electron chi connectivity index (χ2n) is 4.19. The molecule has 0 bridgehead atoms. The van der Waals surface area contributed by atoms with Crippen molar-refractivity contribution in [1.82, 2.24) is 9.97 Å². The quantitative estimate of drug-likeness (QED) is 0.780. The summed E-state index contributed by atoms with van der Waals surface area (Å²) < 4.78 is 0.691. The zero-order valence-electron chi connectivity index (χ0n) is 10.0. The third-order valence-corrected chi connectivity index (χ3v) is 3.77. The molecule has 0 radical (unpaired) electrons. The predicted octanol–water partition coefficient (Wildman–Crippen LogP) is 2.62. The van der Waals surface area contributed by atoms with E-state index in [1.54, 1.807) is 18.2 Å². The highest BCUT2D eigenvalue weighted by Crippen LogP contribution is 2.36. The number of hydrogen-bond acceptors (Lipinski definition) is 4. The Bertz CT molecular complexity index is 718. The van der Waals surface area contributed by atoms with Crippen LogP contribution in [0.5, 0.6) is 0 Å². The number of anilines is 1. The van der Waals surface area contributed by atoms with Gasteiger partial charge < -0.3 is 0 Å². The van der Waals surface area contributed by atoms with Gasteiger partial charge in [0.1, 0.15) is 5.15 Å². The van der Waals surface area contributed by atoms with Crippen LogP contribution in [-0.4, -0.2) is 21.7 Å². The lowest BCUT2D eigenvalue weighted by atomic mass is 10.1. The van der Waals surface area contributed by atoms with Crippen molar-refractivity contribution in [2.45, 2.75) is 6.54 Å². The van der Waals surface area contributed by atoms with Gasteiger partial charge in [0.05, 0.1) is 35.9 Å². The Hall–Kier alpha value is -1.79. The summed E-state index contributed by atoms with van der Waals surface area (Å²) in [5.41, 5.74) is 1.52. The van der Waals surface area contributed by atoms with Crippen molar-refractivity contribution in [3.05, 3.63) is 51.5 Å². The number of rotatable bonds is 2. The number of Topliss-reactive ketones (excluding diaryl/α,β-unsaturated/α-hetero) is 1. The molecule has 0 spiro atoms. The predicted molar refractivity (Wildman–Crippen MR) is 76.7 cm³/mol. The van der Waals surface area contributed by atoms with Crippen LogP contribution in [0.4, 0.5) is 5.69 Å². The Labute approximate surface area is 127 Å². The monoisotopic (exact) mass is 351 g/mol. The first-order valence-electron chi connectivity index (χ1n) is 5.69. The molecule has 1 aliphatic heterocycles. The Morgan fingerprint density at radius 1 is 1.20 bits per heavy atom. The van der Waals surface area contributed by atoms with E-state index in [1.165, 1.54) is 17.3 Å². The highest BCUT2D eigenvalue weighted by Gasteiger charge is 2.37. The van der Waals surface area contributed by atoms with Crippen molar-refractivity contribution in [1.29, 1.82) is 0 Å². The van der Waals surface area contributed by atoms with Crippen molar-refractivity contribution in [2.75, 3.05) is 4.90 Å². The number of fused-ring (bicyclic) bond motifs is 1. The number of para-hydroxylation sites is 1. The highest BCUT2D eigenvalue weighted by molar-refractivity contribution is 9.10. The molecule has 0 N–H and O–H groups in total. The molecular formula is C13H7BrClN3O2. The maximum atomic E-state index is 12.1. The molecule has 20 heavy (non-hydrogen) atoms. The Morgan fingerprint density at radius 3 is 2.70 bits per heavy atom. The minimum absolute atomic E-state index is 0.171. The molecule has 1 amide bonds. The van der Waals surface area contributed by atoms with Gasteiger partial charge in [0.2, 0.25) is 0 Å². The van der Waals surface area contributed by atoms with E-state index in [1.807, 2.05) is 0 Å². The summed E-state index contributed by atoms with van der Waals surface area (Å²) in [7, 11) is 0. The number of benzene rings is 1. The van der Waals surface area contributed by atoms with Crippen molar-refractivity contribution in [3.63, 3.8) is 0 Å². The SMILES string of the molecule is O=C1C(=O)N(Cc2cnc(Cl)cn2)c2c(Br)cccc21. The molecule has 0 aliphatic carbocycles. The fraction of sp³-hybridized carbons (Fsp3) is 0.0769. The molecule has 0 saturated heterocycles. The minimum atomic E-state index is -0.566. The van der Waals surface area contributed by atoms with Crippen molar-refractivity contribution < 1.29 is 9.59 Å². The standard InChI is InChI=1S/C13H7BrClN3O2/c14-9-3-1-2-8-11(9)18(13(20)12(8)19)6-7-4-17-10(15)5-16-7/h1-5H,6H2. The van der Waals surface area contributed by atoms with Crippen LogP contribution in [0.1, 0.15) is 16.1 Å². The zero-order valence-corrected chi connectivity index (χ0v) is 12.3. The molecular weight excluding hydrogens is 346 g/mol. The van der Waals surface area contributed by atoms with E-state index in [0.29, 0.717) is 21.4 Å². The summed E-state index contributed by atoms with van der Waals surface area (Å²) in [6, 6.07) is 5.14. The Morgan fingerprint density at radius 2 is 2.00 bits per heavy atom. The molecule has 3 rings (SSSR count). The smallest absolute Gasteiger partial charge is 0.298 e. The van der Waals surface area contributed by atoms with Gasteiger partial charge in [-0.1, -0.05) is 17.7 Å². The van der Waals surface area contributed by atoms with Gasteiger partial charge in [-0.2, -0.15) is 0 Å². The lowest BCUT2D eigenvalue weighted by molar-refractivity contribution is -0.114. The summed E-state index contributed by atoms with van der Waals surface area (Å²) in [5.74, 6) is -1.08. The molecule has 2 aromatic rings. The molecule has 100 valence electrons. The topological polar surface area (TPSA) is 63.2 Å². The molecule has 5 nitrogen and oxygen atoms in total. The fourth-order valence-electron chi connectivity index (χ4n) is 2.05. The van der Waals surface area contributed by atoms with Gasteiger partial charge in [0.15, 0.2) is 0 Å². The summed E-state index contributed by atoms with van der Waals surface area (Å²) in [6.45, 7) is 0.171. The summed E-state index contributed by atoms with van der Waals surface area (Å²) >= 11 is 9.04. The number of ketones is 1. The second-order valence-corrected chi connectivity index (χ2v) is 5.43. The van der Waals surface area contributed by atoms with Crippen molar-refractivity contribution in [2.24, 2.45) is 0 Å². The van der Waals surface area contributed by atoms with Gasteiger partial charge in [0.25, 0.3) is 11.7 Å². The number of aromatic nitrogens is 2. The van der Waals surface area contributed by atoms with E-state index in [9.17, 15) is 9.59 Å². The minimum Gasteiger partial charge on any atom is -0.298 e. The number of hydrogen-bond donors (Lipinski definition) is 0. The summed E-state index contributed by atoms with van der Waals surface area (Å²) in [5, 5.41) is 0.277. The van der Waals surface area contributed by atoms with Crippen LogP contribution in [0.2, 0.25) is 5.15 Å². The molecule has 1 aromatic heterocycles. The van der Waals surface area contributed by atoms with E-state index in [-0.39, 0.29) is 11.7 Å². The molecule has 7 heteroatoms. The zero-order chi connectivity index (χ0) is 14.3. The third-order valence-electron chi connectivity index (χ3n) is 2.93. The lowest BCUT2D eigenvalue weighted by Crippen LogP contribution is -2.29. The van der Waals surface area contributed by atoms with E-state index >= 15 is 0 Å². The van der Waals surface area contributed by atoms with Crippen LogP contribution in [0.3, 0.4) is 0 Å². The molecule has 0 unspecified atom stereocenters. The van der Waals surface area contributed by atoms with Gasteiger partial charge in [-0.3, -0.25) is 19.5 Å². The number of carbonyl (C=O) groups excluding carboxylic acids is 2. The van der Waals surface area contributed by atoms with Crippen molar-refractivity contribution >= 4 is 44.9 Å². The Balaban J connectivity index is 2.01. The van der Waals surface area contributed by atoms with Gasteiger partial charge in [-0.15, -0.1) is 0 Å². The molecule has 1 aliphatic rings. The molecule has 0 saturated carbocycles. The van der Waals surface area contributed by atoms with Gasteiger partial charge in [-0.25, -0.2) is 4.98 Å². The van der Waals surface area contributed by atoms with Gasteiger partial charge in [-0.05, 0) is 28.1 Å². The maximum Gasteiger partial charge on any atom is 0.299 e. The first-order chi connectivity index (χ1) is 9.58. The van der Waals surface area contributed by atoms with Crippen LogP contribution in [-0.2, 0) is 11.3 Å². The van der Waals surface area contributed by atoms with Crippen LogP contribution < -0.4 is 4.90 Å². The fourth-order valence-corrected chi connectivity index (χ4v) is 2.72. The number of amides is 1. The third kappa shape index (κ3) is 2.10. The molecule has 1 aromatic carbocycles. The van der Waals surface area contributed by atoms with Crippen LogP contribution in [0.15, 0.2) is 35.1 Å². The first kappa shape index (κ1) is 13.2. The van der Waals surface area contributed by atoms with Crippen LogP contribution in [0.25, 0.3) is 0 Å². The molecule has 2 heterocycles. The van der Waals surface area contributed by atoms with E-state index in [0.717, 1.165) is 0 Å². The Kier molecular flexibility index (Phi) is 3.27. The van der Waals surface area contributed by atoms with Crippen LogP contribution in [0, 0.1) is 0 Å². The summed E-state index contributed by atoms with van der Waals surface area (Å²) in [6.07, 6.45) is 2.88. The van der Waals surface area contributed by atoms with Crippen molar-refractivity contribution in [3.8, 4) is 0 Å². The lowest BCUT2D eigenvalue weighted by Gasteiger charge is -2.16. The normalized spacial score (nSPS) is 13.8. The maximum absolute atomic E-state index is 12.1. The number of carbonyl (C=O) groups is 2. The molecule has 0 fully saturated rings. The average molecular weight is 353 g/mol. The van der Waals surface area contributed by atoms with Gasteiger partial charge in [0, 0.05) is 4.47 Å². The number of halogens is 2.